The lowest BCUT2D eigenvalue weighted by Gasteiger charge is -2.16. The highest BCUT2D eigenvalue weighted by atomic mass is 16.3. The van der Waals surface area contributed by atoms with Crippen molar-refractivity contribution >= 4 is 22.6 Å². The number of hydrogen-bond acceptors (Lipinski definition) is 4. The Bertz CT molecular complexity index is 1040. The molecule has 1 aromatic carbocycles. The van der Waals surface area contributed by atoms with Crippen molar-refractivity contribution in [2.45, 2.75) is 27.3 Å². The summed E-state index contributed by atoms with van der Waals surface area (Å²) in [6.45, 7) is 6.30. The number of hydrogen-bond donors (Lipinski definition) is 2. The molecule has 0 unspecified atom stereocenters. The molecular formula is C20H21N3O3. The molecule has 134 valence electrons. The summed E-state index contributed by atoms with van der Waals surface area (Å²) in [5.41, 5.74) is 0.747. The lowest BCUT2D eigenvalue weighted by molar-refractivity contribution is 0.102. The molecule has 0 saturated heterocycles. The Morgan fingerprint density at radius 2 is 2.00 bits per heavy atom. The van der Waals surface area contributed by atoms with Crippen molar-refractivity contribution in [2.75, 3.05) is 5.32 Å². The molecule has 2 aromatic heterocycles. The molecule has 0 spiro atoms. The number of carbonyl (C=O) groups is 1. The Hall–Kier alpha value is -3.15. The van der Waals surface area contributed by atoms with Gasteiger partial charge in [-0.05, 0) is 42.7 Å². The number of fused-ring (bicyclic) bond motifs is 1. The molecule has 0 aliphatic carbocycles. The van der Waals surface area contributed by atoms with Crippen LogP contribution in [0.25, 0.3) is 10.9 Å². The highest BCUT2D eigenvalue weighted by Gasteiger charge is 2.22. The predicted molar refractivity (Wildman–Crippen MR) is 102 cm³/mol. The number of aromatic nitrogens is 2. The zero-order chi connectivity index (χ0) is 18.8. The van der Waals surface area contributed by atoms with Crippen LogP contribution in [0.3, 0.4) is 0 Å². The lowest BCUT2D eigenvalue weighted by atomic mass is 10.1. The fourth-order valence-corrected chi connectivity index (χ4v) is 2.92. The predicted octanol–water partition coefficient (Wildman–Crippen LogP) is 3.32. The second-order valence-electron chi connectivity index (χ2n) is 6.72. The zero-order valence-electron chi connectivity index (χ0n) is 15.0. The van der Waals surface area contributed by atoms with Gasteiger partial charge in [0, 0.05) is 18.1 Å². The van der Waals surface area contributed by atoms with E-state index in [1.54, 1.807) is 42.6 Å². The molecule has 0 fully saturated rings. The minimum atomic E-state index is -0.672. The Kier molecular flexibility index (Phi) is 4.75. The first kappa shape index (κ1) is 17.7. The van der Waals surface area contributed by atoms with Crippen LogP contribution in [0.4, 0.5) is 5.82 Å². The highest BCUT2D eigenvalue weighted by Crippen LogP contribution is 2.27. The number of aryl methyl sites for hydroxylation is 1. The number of rotatable bonds is 4. The smallest absolute Gasteiger partial charge is 0.267 e. The fraction of sp³-hybridized carbons (Fsp3) is 0.250. The van der Waals surface area contributed by atoms with Crippen molar-refractivity contribution in [1.29, 1.82) is 0 Å². The third kappa shape index (κ3) is 3.31. The summed E-state index contributed by atoms with van der Waals surface area (Å²) in [6, 6.07) is 10.5. The monoisotopic (exact) mass is 351 g/mol. The van der Waals surface area contributed by atoms with Gasteiger partial charge in [0.05, 0.1) is 5.52 Å². The Morgan fingerprint density at radius 1 is 1.27 bits per heavy atom. The minimum Gasteiger partial charge on any atom is -0.506 e. The fourth-order valence-electron chi connectivity index (χ4n) is 2.92. The second kappa shape index (κ2) is 7.00. The molecule has 3 aromatic rings. The summed E-state index contributed by atoms with van der Waals surface area (Å²) < 4.78 is 1.54. The van der Waals surface area contributed by atoms with Gasteiger partial charge in [-0.25, -0.2) is 4.98 Å². The normalized spacial score (nSPS) is 11.1. The molecule has 6 heteroatoms. The van der Waals surface area contributed by atoms with Gasteiger partial charge in [0.15, 0.2) is 0 Å². The standard InChI is InChI=1S/C20H21N3O3/c1-12(2)11-23-15-7-5-4-6-14(15)18(24)17(20(23)26)19(25)22-16-10-13(3)8-9-21-16/h4-10,12,24H,11H2,1-3H3,(H,21,22,25). The van der Waals surface area contributed by atoms with Gasteiger partial charge in [-0.2, -0.15) is 0 Å². The van der Waals surface area contributed by atoms with E-state index in [0.29, 0.717) is 23.3 Å². The largest absolute Gasteiger partial charge is 0.506 e. The molecule has 0 aliphatic rings. The molecule has 0 saturated carbocycles. The number of pyridine rings is 2. The summed E-state index contributed by atoms with van der Waals surface area (Å²) in [5, 5.41) is 13.7. The van der Waals surface area contributed by atoms with Crippen LogP contribution in [-0.2, 0) is 6.54 Å². The molecule has 0 radical (unpaired) electrons. The summed E-state index contributed by atoms with van der Waals surface area (Å²) in [6.07, 6.45) is 1.57. The number of benzene rings is 1. The van der Waals surface area contributed by atoms with E-state index in [1.165, 1.54) is 4.57 Å². The van der Waals surface area contributed by atoms with Crippen LogP contribution < -0.4 is 10.9 Å². The molecular weight excluding hydrogens is 330 g/mol. The van der Waals surface area contributed by atoms with E-state index in [-0.39, 0.29) is 17.2 Å². The first-order chi connectivity index (χ1) is 12.4. The molecule has 26 heavy (non-hydrogen) atoms. The van der Waals surface area contributed by atoms with Gasteiger partial charge in [-0.3, -0.25) is 9.59 Å². The summed E-state index contributed by atoms with van der Waals surface area (Å²) in [7, 11) is 0. The Morgan fingerprint density at radius 3 is 2.69 bits per heavy atom. The van der Waals surface area contributed by atoms with E-state index in [2.05, 4.69) is 10.3 Å². The molecule has 1 amide bonds. The van der Waals surface area contributed by atoms with Gasteiger partial charge in [-0.1, -0.05) is 26.0 Å². The van der Waals surface area contributed by atoms with E-state index in [4.69, 9.17) is 0 Å². The number of amides is 1. The SMILES string of the molecule is Cc1ccnc(NC(=O)c2c(O)c3ccccc3n(CC(C)C)c2=O)c1. The maximum absolute atomic E-state index is 13.0. The minimum absolute atomic E-state index is 0.204. The van der Waals surface area contributed by atoms with Crippen LogP contribution in [0.5, 0.6) is 5.75 Å². The van der Waals surface area contributed by atoms with Crippen molar-refractivity contribution in [3.05, 3.63) is 64.1 Å². The average Bonchev–Trinajstić information content (AvgIpc) is 2.58. The summed E-state index contributed by atoms with van der Waals surface area (Å²) >= 11 is 0. The van der Waals surface area contributed by atoms with Crippen molar-refractivity contribution in [1.82, 2.24) is 9.55 Å². The van der Waals surface area contributed by atoms with E-state index < -0.39 is 11.5 Å². The van der Waals surface area contributed by atoms with Crippen LogP contribution in [0.1, 0.15) is 29.8 Å². The van der Waals surface area contributed by atoms with Gasteiger partial charge in [0.1, 0.15) is 17.1 Å². The topological polar surface area (TPSA) is 84.2 Å². The molecule has 2 heterocycles. The van der Waals surface area contributed by atoms with Crippen LogP contribution in [-0.4, -0.2) is 20.6 Å². The Balaban J connectivity index is 2.16. The van der Waals surface area contributed by atoms with Crippen molar-refractivity contribution < 1.29 is 9.90 Å². The second-order valence-corrected chi connectivity index (χ2v) is 6.72. The van der Waals surface area contributed by atoms with Gasteiger partial charge in [0.25, 0.3) is 11.5 Å². The highest BCUT2D eigenvalue weighted by molar-refractivity contribution is 6.08. The van der Waals surface area contributed by atoms with Crippen LogP contribution >= 0.6 is 0 Å². The van der Waals surface area contributed by atoms with Gasteiger partial charge in [0.2, 0.25) is 0 Å². The van der Waals surface area contributed by atoms with Crippen molar-refractivity contribution in [3.63, 3.8) is 0 Å². The van der Waals surface area contributed by atoms with Crippen LogP contribution in [0.15, 0.2) is 47.4 Å². The van der Waals surface area contributed by atoms with E-state index in [9.17, 15) is 14.7 Å². The summed E-state index contributed by atoms with van der Waals surface area (Å²) in [5.74, 6) is -0.447. The number of carbonyl (C=O) groups excluding carboxylic acids is 1. The molecule has 6 nitrogen and oxygen atoms in total. The van der Waals surface area contributed by atoms with Crippen molar-refractivity contribution in [3.8, 4) is 5.75 Å². The maximum Gasteiger partial charge on any atom is 0.267 e. The molecule has 0 bridgehead atoms. The first-order valence-electron chi connectivity index (χ1n) is 8.47. The molecule has 3 rings (SSSR count). The third-order valence-electron chi connectivity index (χ3n) is 4.08. The number of anilines is 1. The van der Waals surface area contributed by atoms with Gasteiger partial charge >= 0.3 is 0 Å². The first-order valence-corrected chi connectivity index (χ1v) is 8.47. The maximum atomic E-state index is 13.0. The quantitative estimate of drug-likeness (QED) is 0.755. The Labute approximate surface area is 151 Å². The van der Waals surface area contributed by atoms with E-state index >= 15 is 0 Å². The third-order valence-corrected chi connectivity index (χ3v) is 4.08. The average molecular weight is 351 g/mol. The van der Waals surface area contributed by atoms with Crippen molar-refractivity contribution in [2.24, 2.45) is 5.92 Å². The lowest BCUT2D eigenvalue weighted by Crippen LogP contribution is -2.31. The number of nitrogens with zero attached hydrogens (tertiary/aromatic N) is 2. The number of para-hydroxylation sites is 1. The van der Waals surface area contributed by atoms with Gasteiger partial charge < -0.3 is 15.0 Å². The van der Waals surface area contributed by atoms with E-state index in [0.717, 1.165) is 5.56 Å². The molecule has 2 N–H and O–H groups in total. The summed E-state index contributed by atoms with van der Waals surface area (Å²) in [4.78, 5) is 29.8. The number of aromatic hydroxyl groups is 1. The molecule has 0 atom stereocenters. The zero-order valence-corrected chi connectivity index (χ0v) is 15.0. The molecule has 0 aliphatic heterocycles. The van der Waals surface area contributed by atoms with Crippen LogP contribution in [0.2, 0.25) is 0 Å². The van der Waals surface area contributed by atoms with Gasteiger partial charge in [-0.15, -0.1) is 0 Å². The van der Waals surface area contributed by atoms with Crippen LogP contribution in [0, 0.1) is 12.8 Å². The van der Waals surface area contributed by atoms with E-state index in [1.807, 2.05) is 20.8 Å². The number of nitrogens with one attached hydrogen (secondary N) is 1.